The fourth-order valence-electron chi connectivity index (χ4n) is 4.60. The molecule has 5 rings (SSSR count). The lowest BCUT2D eigenvalue weighted by molar-refractivity contribution is -0.192. The van der Waals surface area contributed by atoms with Crippen LogP contribution in [0.25, 0.3) is 16.8 Å². The van der Waals surface area contributed by atoms with Gasteiger partial charge in [-0.2, -0.15) is 14.7 Å². The number of ether oxygens (including phenoxy) is 1. The maximum atomic E-state index is 13.1. The Morgan fingerprint density at radius 2 is 1.84 bits per heavy atom. The second-order valence-corrected chi connectivity index (χ2v) is 10.5. The standard InChI is InChI=1S/C27H31N7O4/c1-27(2,3)37-26(36)22-11-10-18(16-33(22)38-25(35)17-8-6-5-7-9-17)21-12-23(28)34-24(31-21)20(14-30-34)19-13-29-32(4)15-19/h5-9,12-15,18,22H,10-11,16,28H2,1-4H3/t18-,22-/m0/s1. The number of carbonyl (C=O) groups excluding carboxylic acids is 2. The zero-order valence-electron chi connectivity index (χ0n) is 21.9. The lowest BCUT2D eigenvalue weighted by Crippen LogP contribution is -2.50. The molecule has 2 N–H and O–H groups in total. The Labute approximate surface area is 220 Å². The molecule has 1 saturated heterocycles. The van der Waals surface area contributed by atoms with E-state index in [9.17, 15) is 9.59 Å². The van der Waals surface area contributed by atoms with E-state index in [2.05, 4.69) is 10.2 Å². The third-order valence-corrected chi connectivity index (χ3v) is 6.38. The Balaban J connectivity index is 1.45. The van der Waals surface area contributed by atoms with Gasteiger partial charge in [-0.15, -0.1) is 5.06 Å². The molecule has 0 unspecified atom stereocenters. The Hall–Kier alpha value is -4.25. The molecule has 38 heavy (non-hydrogen) atoms. The third kappa shape index (κ3) is 5.23. The minimum atomic E-state index is -0.736. The van der Waals surface area contributed by atoms with Crippen LogP contribution in [-0.2, 0) is 21.4 Å². The van der Waals surface area contributed by atoms with E-state index < -0.39 is 23.6 Å². The van der Waals surface area contributed by atoms with Crippen molar-refractivity contribution in [1.29, 1.82) is 0 Å². The largest absolute Gasteiger partial charge is 0.459 e. The smallest absolute Gasteiger partial charge is 0.357 e. The van der Waals surface area contributed by atoms with Crippen molar-refractivity contribution in [3.8, 4) is 11.1 Å². The van der Waals surface area contributed by atoms with Gasteiger partial charge < -0.3 is 15.3 Å². The number of aromatic nitrogens is 5. The average Bonchev–Trinajstić information content (AvgIpc) is 3.49. The zero-order valence-corrected chi connectivity index (χ0v) is 21.9. The topological polar surface area (TPSA) is 130 Å². The van der Waals surface area contributed by atoms with Crippen LogP contribution >= 0.6 is 0 Å². The summed E-state index contributed by atoms with van der Waals surface area (Å²) >= 11 is 0. The normalized spacial score (nSPS) is 18.4. The summed E-state index contributed by atoms with van der Waals surface area (Å²) in [4.78, 5) is 36.7. The average molecular weight is 518 g/mol. The number of benzene rings is 1. The summed E-state index contributed by atoms with van der Waals surface area (Å²) in [5, 5.41) is 10.1. The molecule has 1 aliphatic heterocycles. The summed E-state index contributed by atoms with van der Waals surface area (Å²) in [6.45, 7) is 5.68. The van der Waals surface area contributed by atoms with Gasteiger partial charge in [-0.05, 0) is 45.7 Å². The number of hydroxylamine groups is 2. The van der Waals surface area contributed by atoms with Crippen molar-refractivity contribution in [2.45, 2.75) is 51.2 Å². The minimum absolute atomic E-state index is 0.152. The summed E-state index contributed by atoms with van der Waals surface area (Å²) < 4.78 is 8.94. The van der Waals surface area contributed by atoms with Crippen LogP contribution in [-0.4, -0.2) is 59.6 Å². The second-order valence-electron chi connectivity index (χ2n) is 10.5. The number of nitrogens with two attached hydrogens (primary N) is 1. The lowest BCUT2D eigenvalue weighted by Gasteiger charge is -2.37. The summed E-state index contributed by atoms with van der Waals surface area (Å²) in [5.41, 5.74) is 9.09. The Bertz CT molecular complexity index is 1470. The first-order valence-corrected chi connectivity index (χ1v) is 12.5. The Morgan fingerprint density at radius 3 is 2.53 bits per heavy atom. The van der Waals surface area contributed by atoms with Crippen LogP contribution in [0.1, 0.15) is 55.6 Å². The van der Waals surface area contributed by atoms with E-state index in [1.165, 1.54) is 5.06 Å². The highest BCUT2D eigenvalue weighted by Crippen LogP contribution is 2.33. The van der Waals surface area contributed by atoms with Crippen LogP contribution in [0, 0.1) is 0 Å². The molecule has 4 aromatic rings. The lowest BCUT2D eigenvalue weighted by atomic mass is 9.91. The van der Waals surface area contributed by atoms with Gasteiger partial charge in [-0.3, -0.25) is 9.48 Å². The monoisotopic (exact) mass is 517 g/mol. The zero-order chi connectivity index (χ0) is 27.0. The number of piperidine rings is 1. The molecule has 1 aromatic carbocycles. The fraction of sp³-hybridized carbons (Fsp3) is 0.370. The Kier molecular flexibility index (Phi) is 6.62. The van der Waals surface area contributed by atoms with Crippen molar-refractivity contribution in [1.82, 2.24) is 29.4 Å². The SMILES string of the molecule is Cn1cc(-c2cnn3c(N)cc([C@H]4CC[C@@H](C(=O)OC(C)(C)C)N(OC(=O)c5ccccc5)C4)nc23)cn1. The number of esters is 1. The number of nitrogens with zero attached hydrogens (tertiary/aromatic N) is 6. The summed E-state index contributed by atoms with van der Waals surface area (Å²) in [6.07, 6.45) is 6.40. The maximum Gasteiger partial charge on any atom is 0.357 e. The number of aryl methyl sites for hydroxylation is 1. The number of nitrogen functional groups attached to an aromatic ring is 1. The molecule has 0 bridgehead atoms. The number of rotatable bonds is 5. The first-order chi connectivity index (χ1) is 18.1. The molecule has 1 fully saturated rings. The maximum absolute atomic E-state index is 13.1. The van der Waals surface area contributed by atoms with Gasteiger partial charge in [0.25, 0.3) is 0 Å². The van der Waals surface area contributed by atoms with Crippen molar-refractivity contribution in [3.63, 3.8) is 0 Å². The van der Waals surface area contributed by atoms with E-state index in [-0.39, 0.29) is 12.5 Å². The summed E-state index contributed by atoms with van der Waals surface area (Å²) in [7, 11) is 1.84. The Morgan fingerprint density at radius 1 is 1.08 bits per heavy atom. The van der Waals surface area contributed by atoms with Gasteiger partial charge in [0.2, 0.25) is 0 Å². The molecule has 0 aliphatic carbocycles. The van der Waals surface area contributed by atoms with Crippen LogP contribution < -0.4 is 5.73 Å². The number of hydrogen-bond donors (Lipinski definition) is 1. The predicted molar refractivity (Wildman–Crippen MR) is 140 cm³/mol. The molecule has 0 amide bonds. The molecule has 11 nitrogen and oxygen atoms in total. The van der Waals surface area contributed by atoms with Crippen molar-refractivity contribution >= 4 is 23.4 Å². The van der Waals surface area contributed by atoms with Gasteiger partial charge in [-0.1, -0.05) is 18.2 Å². The van der Waals surface area contributed by atoms with Crippen LogP contribution in [0.15, 0.2) is 55.0 Å². The van der Waals surface area contributed by atoms with E-state index in [0.717, 1.165) is 16.8 Å². The predicted octanol–water partition coefficient (Wildman–Crippen LogP) is 3.37. The molecule has 2 atom stereocenters. The van der Waals surface area contributed by atoms with Gasteiger partial charge in [-0.25, -0.2) is 9.78 Å². The highest BCUT2D eigenvalue weighted by Gasteiger charge is 2.39. The number of anilines is 1. The van der Waals surface area contributed by atoms with Crippen LogP contribution in [0.2, 0.25) is 0 Å². The molecule has 1 aliphatic rings. The second kappa shape index (κ2) is 9.90. The van der Waals surface area contributed by atoms with E-state index in [4.69, 9.17) is 20.3 Å². The van der Waals surface area contributed by atoms with Crippen LogP contribution in [0.4, 0.5) is 5.82 Å². The first kappa shape index (κ1) is 25.4. The molecule has 0 spiro atoms. The van der Waals surface area contributed by atoms with Gasteiger partial charge in [0.05, 0.1) is 23.7 Å². The number of carbonyl (C=O) groups is 2. The molecule has 3 aromatic heterocycles. The van der Waals surface area contributed by atoms with Gasteiger partial charge >= 0.3 is 11.9 Å². The van der Waals surface area contributed by atoms with Crippen molar-refractivity contribution in [2.75, 3.05) is 12.3 Å². The first-order valence-electron chi connectivity index (χ1n) is 12.5. The molecule has 4 heterocycles. The van der Waals surface area contributed by atoms with Crippen molar-refractivity contribution in [3.05, 3.63) is 66.2 Å². The minimum Gasteiger partial charge on any atom is -0.459 e. The van der Waals surface area contributed by atoms with E-state index in [0.29, 0.717) is 29.9 Å². The number of fused-ring (bicyclic) bond motifs is 1. The van der Waals surface area contributed by atoms with E-state index in [1.54, 1.807) is 51.9 Å². The quantitative estimate of drug-likeness (QED) is 0.396. The third-order valence-electron chi connectivity index (χ3n) is 6.38. The highest BCUT2D eigenvalue weighted by molar-refractivity contribution is 5.89. The van der Waals surface area contributed by atoms with Gasteiger partial charge in [0.15, 0.2) is 5.65 Å². The molecule has 0 radical (unpaired) electrons. The molecule has 0 saturated carbocycles. The number of hydrogen-bond acceptors (Lipinski definition) is 9. The van der Waals surface area contributed by atoms with Crippen LogP contribution in [0.3, 0.4) is 0 Å². The molecular weight excluding hydrogens is 486 g/mol. The highest BCUT2D eigenvalue weighted by atomic mass is 16.7. The van der Waals surface area contributed by atoms with Gasteiger partial charge in [0, 0.05) is 42.9 Å². The van der Waals surface area contributed by atoms with Crippen molar-refractivity contribution in [2.24, 2.45) is 7.05 Å². The van der Waals surface area contributed by atoms with Crippen LogP contribution in [0.5, 0.6) is 0 Å². The van der Waals surface area contributed by atoms with Gasteiger partial charge in [0.1, 0.15) is 17.5 Å². The summed E-state index contributed by atoms with van der Waals surface area (Å²) in [6, 6.07) is 9.72. The summed E-state index contributed by atoms with van der Waals surface area (Å²) in [5.74, 6) is -0.699. The molecule has 11 heteroatoms. The fourth-order valence-corrected chi connectivity index (χ4v) is 4.60. The van der Waals surface area contributed by atoms with Crippen molar-refractivity contribution < 1.29 is 19.2 Å². The van der Waals surface area contributed by atoms with E-state index in [1.807, 2.05) is 40.1 Å². The molecule has 198 valence electrons. The molecular formula is C27H31N7O4. The van der Waals surface area contributed by atoms with E-state index >= 15 is 0 Å².